The third kappa shape index (κ3) is 5.41. The van der Waals surface area contributed by atoms with Gasteiger partial charge in [0.25, 0.3) is 5.56 Å². The second kappa shape index (κ2) is 9.50. The number of aliphatic carboxylic acids is 1. The van der Waals surface area contributed by atoms with Crippen molar-refractivity contribution < 1.29 is 9.90 Å². The molecule has 2 aromatic rings. The topological polar surface area (TPSA) is 230 Å². The molecule has 1 atom stereocenters. The number of rotatable bonds is 10. The van der Waals surface area contributed by atoms with E-state index in [-0.39, 0.29) is 48.3 Å². The first kappa shape index (κ1) is 21.6. The van der Waals surface area contributed by atoms with Gasteiger partial charge < -0.3 is 32.5 Å². The first-order valence-corrected chi connectivity index (χ1v) is 8.76. The van der Waals surface area contributed by atoms with Crippen LogP contribution in [-0.2, 0) is 11.3 Å². The van der Waals surface area contributed by atoms with Crippen LogP contribution in [0.25, 0.3) is 11.0 Å². The molecule has 0 spiro atoms. The summed E-state index contributed by atoms with van der Waals surface area (Å²) in [6, 6.07) is -0.864. The Labute approximate surface area is 164 Å². The summed E-state index contributed by atoms with van der Waals surface area (Å²) in [5, 5.41) is 24.5. The zero-order chi connectivity index (χ0) is 21.6. The molecule has 10 N–H and O–H groups in total. The van der Waals surface area contributed by atoms with Crippen LogP contribution < -0.4 is 38.7 Å². The fourth-order valence-corrected chi connectivity index (χ4v) is 2.71. The summed E-state index contributed by atoms with van der Waals surface area (Å²) in [4.78, 5) is 46.2. The summed E-state index contributed by atoms with van der Waals surface area (Å²) in [6.45, 7) is 0.505. The van der Waals surface area contributed by atoms with Crippen molar-refractivity contribution in [2.24, 2.45) is 5.73 Å². The van der Waals surface area contributed by atoms with Crippen molar-refractivity contribution in [3.8, 4) is 0 Å². The van der Waals surface area contributed by atoms with Gasteiger partial charge in [-0.25, -0.2) is 4.79 Å². The predicted molar refractivity (Wildman–Crippen MR) is 107 cm³/mol. The molecule has 2 rings (SSSR count). The van der Waals surface area contributed by atoms with E-state index >= 15 is 0 Å². The van der Waals surface area contributed by atoms with Crippen LogP contribution in [0.5, 0.6) is 0 Å². The molecule has 29 heavy (non-hydrogen) atoms. The van der Waals surface area contributed by atoms with Crippen LogP contribution in [0.2, 0.25) is 0 Å². The normalized spacial score (nSPS) is 11.9. The molecule has 14 nitrogen and oxygen atoms in total. The summed E-state index contributed by atoms with van der Waals surface area (Å²) in [6.07, 6.45) is 0.755. The van der Waals surface area contributed by atoms with E-state index in [1.54, 1.807) is 7.05 Å². The number of hydrogen-bond acceptors (Lipinski definition) is 9. The van der Waals surface area contributed by atoms with E-state index in [1.807, 2.05) is 0 Å². The first-order chi connectivity index (χ1) is 13.7. The lowest BCUT2D eigenvalue weighted by Crippen LogP contribution is -2.41. The highest BCUT2D eigenvalue weighted by Crippen LogP contribution is 2.11. The second-order valence-electron chi connectivity index (χ2n) is 6.12. The van der Waals surface area contributed by atoms with Gasteiger partial charge in [0, 0.05) is 26.7 Å². The maximum atomic E-state index is 12.3. The van der Waals surface area contributed by atoms with Gasteiger partial charge in [-0.3, -0.25) is 24.5 Å². The van der Waals surface area contributed by atoms with Gasteiger partial charge in [-0.2, -0.15) is 9.97 Å². The molecule has 0 aromatic carbocycles. The zero-order valence-corrected chi connectivity index (χ0v) is 15.8. The van der Waals surface area contributed by atoms with Crippen LogP contribution in [0.4, 0.5) is 11.8 Å². The summed E-state index contributed by atoms with van der Waals surface area (Å²) in [7, 11) is 1.55. The van der Waals surface area contributed by atoms with E-state index < -0.39 is 23.3 Å². The van der Waals surface area contributed by atoms with Gasteiger partial charge in [0.2, 0.25) is 5.95 Å². The molecule has 0 aliphatic rings. The molecule has 0 aliphatic heterocycles. The van der Waals surface area contributed by atoms with Crippen LogP contribution in [0, 0.1) is 5.41 Å². The van der Waals surface area contributed by atoms with Gasteiger partial charge >= 0.3 is 11.7 Å². The van der Waals surface area contributed by atoms with Crippen molar-refractivity contribution in [1.82, 2.24) is 30.2 Å². The number of aromatic amines is 1. The minimum atomic E-state index is -1.05. The molecule has 158 valence electrons. The number of nitrogens with two attached hydrogens (primary N) is 2. The number of H-pyrrole nitrogens is 1. The number of nitrogen functional groups attached to an aromatic ring is 1. The molecule has 1 unspecified atom stereocenters. The molecule has 14 heteroatoms. The Morgan fingerprint density at radius 1 is 1.34 bits per heavy atom. The number of carboxylic acid groups (broad SMARTS) is 1. The minimum Gasteiger partial charge on any atom is -0.480 e. The second-order valence-corrected chi connectivity index (χ2v) is 6.12. The van der Waals surface area contributed by atoms with Gasteiger partial charge in [-0.1, -0.05) is 0 Å². The molecule has 0 fully saturated rings. The van der Waals surface area contributed by atoms with Gasteiger partial charge in [0.15, 0.2) is 11.6 Å². The smallest absolute Gasteiger partial charge is 0.351 e. The lowest BCUT2D eigenvalue weighted by Gasteiger charge is -2.16. The van der Waals surface area contributed by atoms with Crippen LogP contribution in [0.15, 0.2) is 9.59 Å². The molecule has 2 heterocycles. The van der Waals surface area contributed by atoms with Crippen molar-refractivity contribution in [1.29, 1.82) is 5.41 Å². The van der Waals surface area contributed by atoms with Crippen LogP contribution in [0.3, 0.4) is 0 Å². The molecule has 0 aliphatic carbocycles. The maximum absolute atomic E-state index is 12.3. The Bertz CT molecular complexity index is 1010. The van der Waals surface area contributed by atoms with Gasteiger partial charge in [-0.05, 0) is 12.8 Å². The standard InChI is InChI=1S/C15H24N10O4/c1-19-14-23-10-8(11(26)24-14)9(16)22-15(29)25(10)6-5-20-7(12(27)28)3-2-4-21-13(17)18/h7,20H,2-6H2,1H3,(H,27,28)(H2,16,22,29)(H4,17,18,21)(H2,19,23,24,26). The van der Waals surface area contributed by atoms with E-state index in [1.165, 1.54) is 0 Å². The maximum Gasteiger partial charge on any atom is 0.351 e. The van der Waals surface area contributed by atoms with E-state index in [4.69, 9.17) is 16.9 Å². The zero-order valence-electron chi connectivity index (χ0n) is 15.8. The molecular weight excluding hydrogens is 384 g/mol. The number of carbonyl (C=O) groups is 1. The Hall–Kier alpha value is -3.68. The van der Waals surface area contributed by atoms with Crippen molar-refractivity contribution in [2.45, 2.75) is 25.4 Å². The lowest BCUT2D eigenvalue weighted by molar-refractivity contribution is -0.139. The fourth-order valence-electron chi connectivity index (χ4n) is 2.71. The summed E-state index contributed by atoms with van der Waals surface area (Å²) < 4.78 is 1.16. The largest absolute Gasteiger partial charge is 0.480 e. The van der Waals surface area contributed by atoms with Crippen molar-refractivity contribution in [3.05, 3.63) is 20.8 Å². The van der Waals surface area contributed by atoms with Gasteiger partial charge in [0.05, 0.1) is 0 Å². The third-order valence-corrected chi connectivity index (χ3v) is 4.11. The predicted octanol–water partition coefficient (Wildman–Crippen LogP) is -2.59. The average Bonchev–Trinajstić information content (AvgIpc) is 2.64. The third-order valence-electron chi connectivity index (χ3n) is 4.11. The van der Waals surface area contributed by atoms with Gasteiger partial charge in [-0.15, -0.1) is 0 Å². The van der Waals surface area contributed by atoms with Crippen LogP contribution >= 0.6 is 0 Å². The van der Waals surface area contributed by atoms with Crippen LogP contribution in [-0.4, -0.2) is 62.7 Å². The van der Waals surface area contributed by atoms with E-state index in [0.717, 1.165) is 4.57 Å². The highest BCUT2D eigenvalue weighted by atomic mass is 16.4. The number of guanidine groups is 1. The number of hydrogen-bond donors (Lipinski definition) is 8. The number of fused-ring (bicyclic) bond motifs is 1. The average molecular weight is 408 g/mol. The number of nitrogens with one attached hydrogen (secondary N) is 5. The lowest BCUT2D eigenvalue weighted by atomic mass is 10.1. The summed E-state index contributed by atoms with van der Waals surface area (Å²) in [5.41, 5.74) is 9.67. The van der Waals surface area contributed by atoms with E-state index in [0.29, 0.717) is 13.0 Å². The molecule has 0 saturated carbocycles. The quantitative estimate of drug-likeness (QED) is 0.115. The molecule has 0 amide bonds. The minimum absolute atomic E-state index is 0.0197. The van der Waals surface area contributed by atoms with E-state index in [2.05, 4.69) is 30.9 Å². The molecule has 0 saturated heterocycles. The Kier molecular flexibility index (Phi) is 7.08. The monoisotopic (exact) mass is 408 g/mol. The van der Waals surface area contributed by atoms with Gasteiger partial charge in [0.1, 0.15) is 17.2 Å². The van der Waals surface area contributed by atoms with Crippen LogP contribution in [0.1, 0.15) is 12.8 Å². The number of anilines is 2. The number of carboxylic acids is 1. The summed E-state index contributed by atoms with van der Waals surface area (Å²) in [5.74, 6) is -1.31. The van der Waals surface area contributed by atoms with E-state index in [9.17, 15) is 19.5 Å². The SMILES string of the molecule is CNc1nc2c(c(N)nc(=O)n2CCNC(CCCNC(=N)N)C(=O)O)c(=O)[nH]1. The molecule has 0 radical (unpaired) electrons. The van der Waals surface area contributed by atoms with Crippen molar-refractivity contribution >= 4 is 34.7 Å². The highest BCUT2D eigenvalue weighted by Gasteiger charge is 2.18. The van der Waals surface area contributed by atoms with Crippen molar-refractivity contribution in [3.63, 3.8) is 0 Å². The fraction of sp³-hybridized carbons (Fsp3) is 0.467. The molecular formula is C15H24N10O4. The Morgan fingerprint density at radius 2 is 2.07 bits per heavy atom. The molecule has 0 bridgehead atoms. The highest BCUT2D eigenvalue weighted by molar-refractivity contribution is 5.85. The Balaban J connectivity index is 2.16. The number of aromatic nitrogens is 4. The Morgan fingerprint density at radius 3 is 2.69 bits per heavy atom. The molecule has 2 aromatic heterocycles. The summed E-state index contributed by atoms with van der Waals surface area (Å²) >= 11 is 0. The first-order valence-electron chi connectivity index (χ1n) is 8.76. The van der Waals surface area contributed by atoms with Crippen molar-refractivity contribution in [2.75, 3.05) is 31.2 Å². The number of nitrogens with zero attached hydrogens (tertiary/aromatic N) is 3.